The van der Waals surface area contributed by atoms with E-state index in [0.29, 0.717) is 62.8 Å². The Morgan fingerprint density at radius 3 is 1.12 bits per heavy atom. The number of unbranched alkanes of at least 4 members (excludes halogenated alkanes) is 27. The van der Waals surface area contributed by atoms with Gasteiger partial charge in [0.05, 0.1) is 78.4 Å². The normalized spacial score (nSPS) is 18.7. The van der Waals surface area contributed by atoms with E-state index >= 15 is 14.2 Å². The standard InChI is InChI=1S/C115H160N3O19P/c1-4-7-10-13-16-19-22-25-54-75-100(126-83-93-61-40-31-41-62-93)80-104(119)117-107-111(128-85-95-65-44-33-45-66-95)109(127-84-94-63-42-32-43-64-94)103(136-113(107)125-79-58-29-28-57-78-116-115(122)131-87-97-69-48-35-49-70-97)91-130-114-108(118-105(120)81-101(76-55-26-23-20-17-14-11-8-5-2)134-106(121)77-56-27-24-21-18-15-12-9-6-3)112(129-86-96-67-46-34-47-68-96)110(102(135-114)90-124-82-92-59-38-30-39-60-92)137-138(123,132-88-98-71-50-36-51-72-98)133-89-99-73-52-37-53-74-99/h30-53,59-74,100-103,107-114H,4-29,54-58,75-91H2,1-3H3,(H,116,122)(H,117,119)(H,118,120)/t100-,101-,102-,103-,107-,108-,109-,110-,111-,112-,113-,114-/m1/s1. The monoisotopic (exact) mass is 1920 g/mol. The Morgan fingerprint density at radius 1 is 0.333 bits per heavy atom. The smallest absolute Gasteiger partial charge is 0.462 e. The lowest BCUT2D eigenvalue weighted by molar-refractivity contribution is -0.315. The number of alkyl carbamates (subject to hydrolysis) is 1. The van der Waals surface area contributed by atoms with Crippen LogP contribution in [0.1, 0.15) is 296 Å². The zero-order chi connectivity index (χ0) is 96.6. The molecule has 12 atom stereocenters. The van der Waals surface area contributed by atoms with Crippen LogP contribution in [0.3, 0.4) is 0 Å². The van der Waals surface area contributed by atoms with Crippen LogP contribution >= 0.6 is 7.82 Å². The number of rotatable bonds is 74. The van der Waals surface area contributed by atoms with Crippen molar-refractivity contribution in [3.05, 3.63) is 287 Å². The minimum atomic E-state index is -4.81. The Morgan fingerprint density at radius 2 is 0.674 bits per heavy atom. The average Bonchev–Trinajstić information content (AvgIpc) is 0.771. The minimum absolute atomic E-state index is 0.0184. The van der Waals surface area contributed by atoms with Crippen LogP contribution < -0.4 is 16.0 Å². The van der Waals surface area contributed by atoms with Crippen molar-refractivity contribution in [1.82, 2.24) is 16.0 Å². The van der Waals surface area contributed by atoms with Crippen LogP contribution in [0.2, 0.25) is 0 Å². The summed E-state index contributed by atoms with van der Waals surface area (Å²) in [5.41, 5.74) is 6.59. The average molecular weight is 1920 g/mol. The number of benzene rings is 8. The number of amides is 3. The Labute approximate surface area is 824 Å². The van der Waals surface area contributed by atoms with Crippen molar-refractivity contribution >= 4 is 31.7 Å². The van der Waals surface area contributed by atoms with E-state index < -0.39 is 93.3 Å². The first-order valence-corrected chi connectivity index (χ1v) is 53.5. The maximum atomic E-state index is 16.4. The number of hydrogen-bond donors (Lipinski definition) is 3. The molecule has 2 heterocycles. The van der Waals surface area contributed by atoms with E-state index in [0.717, 1.165) is 117 Å². The summed E-state index contributed by atoms with van der Waals surface area (Å²) >= 11 is 0. The molecule has 2 saturated heterocycles. The van der Waals surface area contributed by atoms with E-state index in [9.17, 15) is 9.59 Å². The molecule has 0 bridgehead atoms. The van der Waals surface area contributed by atoms with Crippen molar-refractivity contribution in [2.75, 3.05) is 26.4 Å². The number of ether oxygens (including phenoxy) is 11. The molecule has 0 saturated carbocycles. The van der Waals surface area contributed by atoms with E-state index in [1.54, 1.807) is 0 Å². The molecular formula is C115H160N3O19P. The highest BCUT2D eigenvalue weighted by Gasteiger charge is 2.54. The van der Waals surface area contributed by atoms with Crippen LogP contribution in [0.4, 0.5) is 4.79 Å². The highest BCUT2D eigenvalue weighted by atomic mass is 31.2. The molecule has 3 amide bonds. The number of phosphoric ester groups is 1. The van der Waals surface area contributed by atoms with Gasteiger partial charge < -0.3 is 68.1 Å². The number of carbonyl (C=O) groups is 4. The van der Waals surface area contributed by atoms with Crippen molar-refractivity contribution in [2.24, 2.45) is 0 Å². The number of nitrogens with one attached hydrogen (secondary N) is 3. The summed E-state index contributed by atoms with van der Waals surface area (Å²) in [4.78, 5) is 58.9. The lowest BCUT2D eigenvalue weighted by Crippen LogP contribution is -2.68. The highest BCUT2D eigenvalue weighted by molar-refractivity contribution is 7.48. The van der Waals surface area contributed by atoms with Gasteiger partial charge in [0.15, 0.2) is 12.6 Å². The Hall–Kier alpha value is -8.81. The van der Waals surface area contributed by atoms with Crippen LogP contribution in [0.15, 0.2) is 243 Å². The molecule has 0 spiro atoms. The second kappa shape index (κ2) is 68.3. The second-order valence-electron chi connectivity index (χ2n) is 37.0. The van der Waals surface area contributed by atoms with Gasteiger partial charge in [-0.1, -0.05) is 437 Å². The van der Waals surface area contributed by atoms with E-state index in [-0.39, 0.29) is 97.2 Å². The molecule has 23 heteroatoms. The largest absolute Gasteiger partial charge is 0.475 e. The predicted octanol–water partition coefficient (Wildman–Crippen LogP) is 25.9. The van der Waals surface area contributed by atoms with E-state index in [1.807, 2.05) is 243 Å². The summed E-state index contributed by atoms with van der Waals surface area (Å²) in [7, 11) is -4.81. The van der Waals surface area contributed by atoms with Gasteiger partial charge in [0.25, 0.3) is 0 Å². The fraction of sp³-hybridized carbons (Fsp3) is 0.548. The third-order valence-corrected chi connectivity index (χ3v) is 26.8. The lowest BCUT2D eigenvalue weighted by Gasteiger charge is -2.48. The Kier molecular flexibility index (Phi) is 55.1. The van der Waals surface area contributed by atoms with Gasteiger partial charge in [-0.3, -0.25) is 28.0 Å². The third-order valence-electron chi connectivity index (χ3n) is 25.4. The van der Waals surface area contributed by atoms with Crippen LogP contribution in [-0.4, -0.2) is 124 Å². The summed E-state index contributed by atoms with van der Waals surface area (Å²) in [6.07, 6.45) is 21.7. The van der Waals surface area contributed by atoms with Gasteiger partial charge in [-0.15, -0.1) is 0 Å². The molecule has 2 aliphatic heterocycles. The molecule has 22 nitrogen and oxygen atoms in total. The summed E-state index contributed by atoms with van der Waals surface area (Å²) in [5, 5.41) is 9.73. The van der Waals surface area contributed by atoms with Crippen molar-refractivity contribution < 1.29 is 89.4 Å². The second-order valence-corrected chi connectivity index (χ2v) is 38.6. The van der Waals surface area contributed by atoms with Crippen molar-refractivity contribution in [1.29, 1.82) is 0 Å². The van der Waals surface area contributed by atoms with Crippen LogP contribution in [0.5, 0.6) is 0 Å². The van der Waals surface area contributed by atoms with E-state index in [2.05, 4.69) is 36.7 Å². The molecule has 2 aliphatic rings. The van der Waals surface area contributed by atoms with Gasteiger partial charge >= 0.3 is 19.9 Å². The molecule has 0 aliphatic carbocycles. The summed E-state index contributed by atoms with van der Waals surface area (Å²) < 4.78 is 114. The number of phosphoric acid groups is 1. The molecule has 754 valence electrons. The van der Waals surface area contributed by atoms with Gasteiger partial charge in [-0.2, -0.15) is 0 Å². The van der Waals surface area contributed by atoms with E-state index in [4.69, 9.17) is 65.7 Å². The summed E-state index contributed by atoms with van der Waals surface area (Å²) in [5.74, 6) is -1.17. The molecule has 0 radical (unpaired) electrons. The fourth-order valence-electron chi connectivity index (χ4n) is 17.5. The molecule has 10 rings (SSSR count). The molecular weight excluding hydrogens is 1760 g/mol. The number of esters is 1. The summed E-state index contributed by atoms with van der Waals surface area (Å²) in [6.45, 7) is 7.00. The Bertz CT molecular complexity index is 4460. The van der Waals surface area contributed by atoms with Gasteiger partial charge in [-0.25, -0.2) is 9.36 Å². The first-order chi connectivity index (χ1) is 67.9. The molecule has 3 N–H and O–H groups in total. The summed E-state index contributed by atoms with van der Waals surface area (Å²) in [6, 6.07) is 74.8. The number of carbonyl (C=O) groups excluding carboxylic acids is 4. The first kappa shape index (κ1) is 111. The molecule has 0 unspecified atom stereocenters. The van der Waals surface area contributed by atoms with E-state index in [1.165, 1.54) is 89.9 Å². The van der Waals surface area contributed by atoms with Gasteiger partial charge in [0.2, 0.25) is 11.8 Å². The maximum Gasteiger partial charge on any atom is 0.475 e. The predicted molar refractivity (Wildman–Crippen MR) is 542 cm³/mol. The highest BCUT2D eigenvalue weighted by Crippen LogP contribution is 2.54. The molecule has 2 fully saturated rings. The van der Waals surface area contributed by atoms with Crippen molar-refractivity contribution in [3.63, 3.8) is 0 Å². The van der Waals surface area contributed by atoms with Crippen LogP contribution in [-0.2, 0) is 137 Å². The lowest BCUT2D eigenvalue weighted by atomic mass is 9.94. The van der Waals surface area contributed by atoms with Crippen LogP contribution in [0.25, 0.3) is 0 Å². The van der Waals surface area contributed by atoms with Crippen molar-refractivity contribution in [2.45, 2.75) is 378 Å². The Balaban J connectivity index is 1.04. The quantitative estimate of drug-likeness (QED) is 0.0182. The zero-order valence-corrected chi connectivity index (χ0v) is 83.6. The van der Waals surface area contributed by atoms with Gasteiger partial charge in [-0.05, 0) is 83.0 Å². The maximum absolute atomic E-state index is 16.4. The molecule has 8 aromatic carbocycles. The first-order valence-electron chi connectivity index (χ1n) is 52.1. The SMILES string of the molecule is CCCCCCCCCCCC(=O)O[C@H](CCCCCCCCCCC)CC(=O)N[C@H]1[C@H](OC[C@H]2O[C@@H](OCCCCCCNC(=O)OCc3ccccc3)[C@H](NC(=O)C[C@@H](CCCCCCCCCCC)OCc3ccccc3)[C@@H](OCc3ccccc3)[C@@H]2OCc2ccccc2)O[C@H](COCc2ccccc2)[C@@H](OP(=O)(OCc2ccccc2)OCc2ccccc2)[C@@H]1OCc1ccccc1. The fourth-order valence-corrected chi connectivity index (χ4v) is 18.9. The molecule has 0 aromatic heterocycles. The third kappa shape index (κ3) is 45.0. The van der Waals surface area contributed by atoms with Gasteiger partial charge in [0.1, 0.15) is 61.4 Å². The van der Waals surface area contributed by atoms with Crippen molar-refractivity contribution in [3.8, 4) is 0 Å². The van der Waals surface area contributed by atoms with Crippen LogP contribution in [0, 0.1) is 0 Å². The topological polar surface area (TPSA) is 251 Å². The molecule has 8 aromatic rings. The zero-order valence-electron chi connectivity index (χ0n) is 82.7. The molecule has 138 heavy (non-hydrogen) atoms. The minimum Gasteiger partial charge on any atom is -0.462 e. The number of hydrogen-bond acceptors (Lipinski definition) is 19. The van der Waals surface area contributed by atoms with Gasteiger partial charge in [0, 0.05) is 19.6 Å².